The smallest absolute Gasteiger partial charge is 0.0545 e. The van der Waals surface area contributed by atoms with Crippen LogP contribution < -0.4 is 42.5 Å². The molecule has 0 spiro atoms. The van der Waals surface area contributed by atoms with E-state index in [-0.39, 0.29) is 41.1 Å². The Bertz CT molecular complexity index is 1200. The third-order valence-electron chi connectivity index (χ3n) is 12.9. The topological polar surface area (TPSA) is 122 Å². The molecule has 2 aromatic heterocycles. The van der Waals surface area contributed by atoms with Crippen molar-refractivity contribution in [3.63, 3.8) is 0 Å². The van der Waals surface area contributed by atoms with Crippen molar-refractivity contribution in [2.24, 2.45) is 0 Å². The minimum absolute atomic E-state index is 0. The largest absolute Gasteiger partial charge is 0.311 e. The van der Waals surface area contributed by atoms with Crippen molar-refractivity contribution in [3.05, 3.63) is 59.2 Å². The van der Waals surface area contributed by atoms with Gasteiger partial charge in [-0.2, -0.15) is 0 Å². The van der Waals surface area contributed by atoms with Gasteiger partial charge in [0, 0.05) is 101 Å². The van der Waals surface area contributed by atoms with Crippen LogP contribution in [0.4, 0.5) is 0 Å². The molecule has 0 aromatic carbocycles. The molecule has 6 aliphatic rings. The van der Waals surface area contributed by atoms with Crippen LogP contribution in [0.3, 0.4) is 0 Å². The SMILES string of the molecule is C.C.[Cl][Mn][Cl].[Cl][Mn][Cl].c1cc2nc(c1)CN[C@@H]1CCCCC1NCCNC1CCCC[C@H]1NC2.c1cc2nc(c1)CN[C@H]1CCCCC1NCCNC1CCCC[C@@H]1NC2. The van der Waals surface area contributed by atoms with E-state index in [4.69, 9.17) is 50.4 Å². The predicted molar refractivity (Wildman–Crippen MR) is 249 cm³/mol. The van der Waals surface area contributed by atoms with Crippen LogP contribution >= 0.6 is 40.4 Å². The first-order chi connectivity index (χ1) is 28.6. The van der Waals surface area contributed by atoms with Crippen molar-refractivity contribution in [3.8, 4) is 0 Å². The molecule has 8 N–H and O–H groups in total. The summed E-state index contributed by atoms with van der Waals surface area (Å²) in [6.07, 6.45) is 21.0. The summed E-state index contributed by atoms with van der Waals surface area (Å²) in [5.74, 6) is 0. The fourth-order valence-corrected chi connectivity index (χ4v) is 9.90. The number of aromatic nitrogens is 2. The Labute approximate surface area is 393 Å². The van der Waals surface area contributed by atoms with Crippen LogP contribution in [0, 0.1) is 0 Å². The minimum Gasteiger partial charge on any atom is -0.311 e. The molecule has 4 unspecified atom stereocenters. The van der Waals surface area contributed by atoms with E-state index in [0.29, 0.717) is 48.3 Å². The standard InChI is InChI=1S/2C21H35N5.2CH4.4ClH.2Mn/c2*1-3-10-20-18(8-1)22-12-13-23-19-9-2-4-11-21(19)25-15-17-7-5-6-16(26-17)14-24-20;;;;;;;;/h2*5-7,18-25H,1-4,8-15H2;2*1H4;4*1H;;/q;;;;;;;;2*+2/p-4/t2*18?,19?,20-,21-;;;;;;;;/m10......../s1. The normalized spacial score (nSPS) is 30.1. The fourth-order valence-electron chi connectivity index (χ4n) is 9.90. The number of hydrogen-bond acceptors (Lipinski definition) is 10. The van der Waals surface area contributed by atoms with Crippen molar-refractivity contribution >= 4 is 40.4 Å². The Balaban J connectivity index is 0.000000275. The van der Waals surface area contributed by atoms with E-state index in [1.165, 1.54) is 126 Å². The first kappa shape index (κ1) is 54.5. The fraction of sp³-hybridized carbons (Fsp3) is 0.773. The molecule has 4 fully saturated rings. The average molecular weight is 999 g/mol. The molecule has 60 heavy (non-hydrogen) atoms. The van der Waals surface area contributed by atoms with Gasteiger partial charge in [0.15, 0.2) is 0 Å². The van der Waals surface area contributed by atoms with Gasteiger partial charge in [-0.05, 0) is 75.6 Å². The molecule has 8 rings (SSSR count). The summed E-state index contributed by atoms with van der Waals surface area (Å²) in [7, 11) is 19.2. The minimum atomic E-state index is 0. The summed E-state index contributed by atoms with van der Waals surface area (Å²) in [6, 6.07) is 17.6. The van der Waals surface area contributed by atoms with E-state index in [1.54, 1.807) is 0 Å². The zero-order valence-electron chi connectivity index (χ0n) is 34.2. The number of hydrogen-bond donors (Lipinski definition) is 8. The van der Waals surface area contributed by atoms with E-state index < -0.39 is 0 Å². The van der Waals surface area contributed by atoms with Crippen molar-refractivity contribution in [1.29, 1.82) is 0 Å². The number of nitrogens with one attached hydrogen (secondary N) is 8. The van der Waals surface area contributed by atoms with Crippen molar-refractivity contribution in [2.75, 3.05) is 26.2 Å². The van der Waals surface area contributed by atoms with E-state index in [2.05, 4.69) is 78.9 Å². The van der Waals surface area contributed by atoms with Crippen molar-refractivity contribution in [1.82, 2.24) is 52.5 Å². The molecule has 2 aromatic rings. The van der Waals surface area contributed by atoms with Crippen LogP contribution in [0.15, 0.2) is 36.4 Å². The van der Waals surface area contributed by atoms with Crippen LogP contribution in [0.1, 0.15) is 140 Å². The Morgan fingerprint density at radius 2 is 0.533 bits per heavy atom. The maximum absolute atomic E-state index is 4.89. The Kier molecular flexibility index (Phi) is 29.8. The predicted octanol–water partition coefficient (Wildman–Crippen LogP) is 8.18. The summed E-state index contributed by atoms with van der Waals surface area (Å²) in [5.41, 5.74) is 4.67. The van der Waals surface area contributed by atoms with Crippen LogP contribution in [0.2, 0.25) is 0 Å². The van der Waals surface area contributed by atoms with Gasteiger partial charge in [0.1, 0.15) is 0 Å². The second kappa shape index (κ2) is 32.8. The molecule has 346 valence electrons. The molecule has 8 atom stereocenters. The molecule has 0 amide bonds. The van der Waals surface area contributed by atoms with E-state index in [0.717, 1.165) is 52.4 Å². The van der Waals surface area contributed by atoms with Gasteiger partial charge in [0.25, 0.3) is 0 Å². The molecule has 4 saturated carbocycles. The maximum atomic E-state index is 4.89. The molecule has 4 heterocycles. The second-order valence-corrected chi connectivity index (χ2v) is 20.6. The summed E-state index contributed by atoms with van der Waals surface area (Å²) in [4.78, 5) is 9.79. The van der Waals surface area contributed by atoms with Crippen LogP contribution in [-0.4, -0.2) is 84.5 Å². The Hall–Kier alpha value is 0.179. The number of pyridine rings is 2. The van der Waals surface area contributed by atoms with Gasteiger partial charge in [-0.25, -0.2) is 0 Å². The average Bonchev–Trinajstić information content (AvgIpc) is 3.26. The molecular weight excluding hydrogens is 920 g/mol. The second-order valence-electron chi connectivity index (χ2n) is 16.7. The van der Waals surface area contributed by atoms with Crippen molar-refractivity contribution in [2.45, 2.75) is 192 Å². The molecule has 16 heteroatoms. The van der Waals surface area contributed by atoms with Crippen LogP contribution in [0.25, 0.3) is 0 Å². The molecule has 0 saturated heterocycles. The number of fused-ring (bicyclic) bond motifs is 8. The van der Waals surface area contributed by atoms with Gasteiger partial charge in [0.2, 0.25) is 0 Å². The third kappa shape index (κ3) is 19.7. The number of nitrogens with zero attached hydrogens (tertiary/aromatic N) is 2. The number of rotatable bonds is 0. The Morgan fingerprint density at radius 3 is 0.733 bits per heavy atom. The van der Waals surface area contributed by atoms with Gasteiger partial charge in [-0.15, -0.1) is 0 Å². The molecule has 0 radical (unpaired) electrons. The monoisotopic (exact) mass is 996 g/mol. The quantitative estimate of drug-likeness (QED) is 0.123. The molecule has 4 bridgehead atoms. The van der Waals surface area contributed by atoms with Gasteiger partial charge < -0.3 is 42.5 Å². The van der Waals surface area contributed by atoms with Gasteiger partial charge >= 0.3 is 66.7 Å². The summed E-state index contributed by atoms with van der Waals surface area (Å²) in [5, 5.41) is 30.4. The van der Waals surface area contributed by atoms with Gasteiger partial charge in [-0.1, -0.05) is 78.4 Å². The molecule has 4 aliphatic carbocycles. The summed E-state index contributed by atoms with van der Waals surface area (Å²) in [6.45, 7) is 7.77. The Morgan fingerprint density at radius 1 is 0.350 bits per heavy atom. The molecular formula is C44H78Cl4Mn2N10. The van der Waals surface area contributed by atoms with E-state index >= 15 is 0 Å². The van der Waals surface area contributed by atoms with E-state index in [9.17, 15) is 0 Å². The molecule has 2 aliphatic heterocycles. The van der Waals surface area contributed by atoms with E-state index in [1.807, 2.05) is 0 Å². The van der Waals surface area contributed by atoms with Crippen LogP contribution in [-0.2, 0) is 52.4 Å². The third-order valence-corrected chi connectivity index (χ3v) is 12.9. The zero-order chi connectivity index (χ0) is 40.6. The van der Waals surface area contributed by atoms with Crippen LogP contribution in [0.5, 0.6) is 0 Å². The maximum Gasteiger partial charge on any atom is 0.0545 e. The van der Waals surface area contributed by atoms with Crippen molar-refractivity contribution < 1.29 is 26.3 Å². The first-order valence-corrected chi connectivity index (χ1v) is 28.6. The number of halogens is 4. The first-order valence-electron chi connectivity index (χ1n) is 22.1. The zero-order valence-corrected chi connectivity index (χ0v) is 39.6. The van der Waals surface area contributed by atoms with Gasteiger partial charge in [0.05, 0.1) is 22.8 Å². The molecule has 10 nitrogen and oxygen atoms in total. The van der Waals surface area contributed by atoms with Gasteiger partial charge in [-0.3, -0.25) is 9.97 Å². The summed E-state index contributed by atoms with van der Waals surface area (Å²) < 4.78 is 0. The summed E-state index contributed by atoms with van der Waals surface area (Å²) >= 11 is 0.0139.